The number of aliphatic carboxylic acids is 1. The van der Waals surface area contributed by atoms with Gasteiger partial charge in [0.25, 0.3) is 0 Å². The number of aromatic nitrogens is 2. The molecule has 1 aromatic rings. The van der Waals surface area contributed by atoms with E-state index in [1.807, 2.05) is 19.9 Å². The molecule has 0 aliphatic rings. The maximum atomic E-state index is 11.5. The number of aryl methyl sites for hydroxylation is 2. The van der Waals surface area contributed by atoms with Gasteiger partial charge in [0.05, 0.1) is 6.54 Å². The van der Waals surface area contributed by atoms with Gasteiger partial charge >= 0.3 is 5.97 Å². The Kier molecular flexibility index (Phi) is 7.44. The third-order valence-corrected chi connectivity index (χ3v) is 2.73. The monoisotopic (exact) mass is 323 g/mol. The normalized spacial score (nSPS) is 10.0. The summed E-state index contributed by atoms with van der Waals surface area (Å²) in [6.07, 6.45) is 0.795. The molecule has 9 heteroatoms. The second kappa shape index (κ2) is 9.34. The molecule has 1 aromatic heterocycles. The largest absolute Gasteiger partial charge is 0.480 e. The molecule has 1 heterocycles. The van der Waals surface area contributed by atoms with Gasteiger partial charge in [0.15, 0.2) is 0 Å². The van der Waals surface area contributed by atoms with Crippen molar-refractivity contribution in [2.45, 2.75) is 26.7 Å². The molecule has 0 aliphatic carbocycles. The number of amides is 2. The molecule has 0 aliphatic heterocycles. The van der Waals surface area contributed by atoms with Crippen LogP contribution in [-0.2, 0) is 14.4 Å². The molecule has 0 fully saturated rings. The molecule has 9 nitrogen and oxygen atoms in total. The first-order valence-electron chi connectivity index (χ1n) is 7.18. The summed E-state index contributed by atoms with van der Waals surface area (Å²) in [5, 5.41) is 16.0. The Morgan fingerprint density at radius 3 is 2.26 bits per heavy atom. The second-order valence-corrected chi connectivity index (χ2v) is 4.95. The van der Waals surface area contributed by atoms with Crippen molar-refractivity contribution in [2.75, 3.05) is 25.0 Å². The van der Waals surface area contributed by atoms with E-state index in [9.17, 15) is 14.4 Å². The molecule has 1 rings (SSSR count). The maximum absolute atomic E-state index is 11.5. The van der Waals surface area contributed by atoms with E-state index < -0.39 is 18.4 Å². The molecule has 0 bridgehead atoms. The van der Waals surface area contributed by atoms with Crippen molar-refractivity contribution in [3.8, 4) is 0 Å². The van der Waals surface area contributed by atoms with E-state index >= 15 is 0 Å². The summed E-state index contributed by atoms with van der Waals surface area (Å²) >= 11 is 0. The molecular formula is C14H21N5O4. The van der Waals surface area contributed by atoms with E-state index in [0.29, 0.717) is 18.9 Å². The van der Waals surface area contributed by atoms with Crippen LogP contribution in [-0.4, -0.2) is 52.5 Å². The van der Waals surface area contributed by atoms with E-state index in [2.05, 4.69) is 25.9 Å². The quantitative estimate of drug-likeness (QED) is 0.454. The molecule has 0 saturated carbocycles. The minimum absolute atomic E-state index is 0.236. The number of carbonyl (C=O) groups is 3. The lowest BCUT2D eigenvalue weighted by atomic mass is 10.3. The van der Waals surface area contributed by atoms with Crippen LogP contribution in [0.2, 0.25) is 0 Å². The van der Waals surface area contributed by atoms with Crippen LogP contribution >= 0.6 is 0 Å². The van der Waals surface area contributed by atoms with E-state index in [0.717, 1.165) is 11.4 Å². The summed E-state index contributed by atoms with van der Waals surface area (Å²) in [5.41, 5.74) is 1.73. The third-order valence-electron chi connectivity index (χ3n) is 2.73. The summed E-state index contributed by atoms with van der Waals surface area (Å²) in [6.45, 7) is 3.58. The molecule has 4 N–H and O–H groups in total. The SMILES string of the molecule is Cc1cc(C)nc(NCCCC(=O)NCC(=O)NCC(=O)O)n1. The predicted molar refractivity (Wildman–Crippen MR) is 82.9 cm³/mol. The molecule has 0 atom stereocenters. The highest BCUT2D eigenvalue weighted by molar-refractivity contribution is 5.86. The molecular weight excluding hydrogens is 302 g/mol. The molecule has 23 heavy (non-hydrogen) atoms. The van der Waals surface area contributed by atoms with Crippen LogP contribution in [0.4, 0.5) is 5.95 Å². The van der Waals surface area contributed by atoms with Crippen LogP contribution < -0.4 is 16.0 Å². The topological polar surface area (TPSA) is 133 Å². The van der Waals surface area contributed by atoms with Crippen LogP contribution in [0.1, 0.15) is 24.2 Å². The Hall–Kier alpha value is -2.71. The predicted octanol–water partition coefficient (Wildman–Crippen LogP) is -0.397. The van der Waals surface area contributed by atoms with E-state index in [1.165, 1.54) is 0 Å². The smallest absolute Gasteiger partial charge is 0.322 e. The zero-order valence-electron chi connectivity index (χ0n) is 13.2. The summed E-state index contributed by atoms with van der Waals surface area (Å²) in [4.78, 5) is 41.4. The minimum Gasteiger partial charge on any atom is -0.480 e. The lowest BCUT2D eigenvalue weighted by Crippen LogP contribution is -2.39. The van der Waals surface area contributed by atoms with E-state index in [4.69, 9.17) is 5.11 Å². The van der Waals surface area contributed by atoms with E-state index in [1.54, 1.807) is 0 Å². The maximum Gasteiger partial charge on any atom is 0.322 e. The van der Waals surface area contributed by atoms with Crippen LogP contribution in [0, 0.1) is 13.8 Å². The Morgan fingerprint density at radius 2 is 1.65 bits per heavy atom. The Balaban J connectivity index is 2.16. The number of carboxylic acids is 1. The highest BCUT2D eigenvalue weighted by Gasteiger charge is 2.07. The van der Waals surface area contributed by atoms with Gasteiger partial charge < -0.3 is 21.1 Å². The first kappa shape index (κ1) is 18.3. The van der Waals surface area contributed by atoms with Gasteiger partial charge in [-0.15, -0.1) is 0 Å². The van der Waals surface area contributed by atoms with Crippen molar-refractivity contribution < 1.29 is 19.5 Å². The Labute approximate surface area is 133 Å². The van der Waals surface area contributed by atoms with Gasteiger partial charge in [-0.2, -0.15) is 0 Å². The number of carboxylic acid groups (broad SMARTS) is 1. The molecule has 0 radical (unpaired) electrons. The highest BCUT2D eigenvalue weighted by Crippen LogP contribution is 2.03. The minimum atomic E-state index is -1.13. The Bertz CT molecular complexity index is 556. The molecule has 0 saturated heterocycles. The number of rotatable bonds is 9. The highest BCUT2D eigenvalue weighted by atomic mass is 16.4. The van der Waals surface area contributed by atoms with Crippen molar-refractivity contribution in [2.24, 2.45) is 0 Å². The number of carbonyl (C=O) groups excluding carboxylic acids is 2. The fraction of sp³-hybridized carbons (Fsp3) is 0.500. The van der Waals surface area contributed by atoms with Crippen molar-refractivity contribution in [3.63, 3.8) is 0 Å². The van der Waals surface area contributed by atoms with Crippen molar-refractivity contribution in [3.05, 3.63) is 17.5 Å². The van der Waals surface area contributed by atoms with Crippen molar-refractivity contribution in [1.29, 1.82) is 0 Å². The van der Waals surface area contributed by atoms with Crippen LogP contribution in [0.25, 0.3) is 0 Å². The summed E-state index contributed by atoms with van der Waals surface area (Å²) in [5.74, 6) is -1.43. The van der Waals surface area contributed by atoms with Crippen LogP contribution in [0.15, 0.2) is 6.07 Å². The number of nitrogens with zero attached hydrogens (tertiary/aromatic N) is 2. The number of hydrogen-bond donors (Lipinski definition) is 4. The average Bonchev–Trinajstić information content (AvgIpc) is 2.46. The lowest BCUT2D eigenvalue weighted by molar-refractivity contribution is -0.137. The van der Waals surface area contributed by atoms with Crippen molar-refractivity contribution >= 4 is 23.7 Å². The fourth-order valence-electron chi connectivity index (χ4n) is 1.76. The van der Waals surface area contributed by atoms with Crippen LogP contribution in [0.3, 0.4) is 0 Å². The Morgan fingerprint density at radius 1 is 1.04 bits per heavy atom. The van der Waals surface area contributed by atoms with Crippen molar-refractivity contribution in [1.82, 2.24) is 20.6 Å². The molecule has 2 amide bonds. The zero-order chi connectivity index (χ0) is 17.2. The fourth-order valence-corrected chi connectivity index (χ4v) is 1.76. The second-order valence-electron chi connectivity index (χ2n) is 4.95. The standard InChI is InChI=1S/C14H21N5O4/c1-9-6-10(2)19-14(18-9)15-5-3-4-11(20)16-7-12(21)17-8-13(22)23/h6H,3-5,7-8H2,1-2H3,(H,16,20)(H,17,21)(H,22,23)(H,15,18,19). The third kappa shape index (κ3) is 8.34. The van der Waals surface area contributed by atoms with Gasteiger partial charge in [0.1, 0.15) is 6.54 Å². The average molecular weight is 323 g/mol. The van der Waals surface area contributed by atoms with Gasteiger partial charge in [-0.05, 0) is 26.3 Å². The molecule has 0 spiro atoms. The zero-order valence-corrected chi connectivity index (χ0v) is 13.2. The molecule has 126 valence electrons. The van der Waals surface area contributed by atoms with Gasteiger partial charge in [-0.3, -0.25) is 14.4 Å². The summed E-state index contributed by atoms with van der Waals surface area (Å²) < 4.78 is 0. The summed E-state index contributed by atoms with van der Waals surface area (Å²) in [6, 6.07) is 1.87. The number of hydrogen-bond acceptors (Lipinski definition) is 6. The molecule has 0 aromatic carbocycles. The van der Waals surface area contributed by atoms with Crippen LogP contribution in [0.5, 0.6) is 0 Å². The number of anilines is 1. The van der Waals surface area contributed by atoms with E-state index in [-0.39, 0.29) is 18.9 Å². The molecule has 0 unspecified atom stereocenters. The first-order valence-corrected chi connectivity index (χ1v) is 7.18. The van der Waals surface area contributed by atoms with Gasteiger partial charge in [0.2, 0.25) is 17.8 Å². The van der Waals surface area contributed by atoms with Gasteiger partial charge in [-0.25, -0.2) is 9.97 Å². The van der Waals surface area contributed by atoms with Gasteiger partial charge in [0, 0.05) is 24.4 Å². The first-order chi connectivity index (χ1) is 10.9. The van der Waals surface area contributed by atoms with Gasteiger partial charge in [-0.1, -0.05) is 0 Å². The lowest BCUT2D eigenvalue weighted by Gasteiger charge is -2.07. The summed E-state index contributed by atoms with van der Waals surface area (Å²) in [7, 11) is 0. The number of nitrogens with one attached hydrogen (secondary N) is 3.